The van der Waals surface area contributed by atoms with E-state index in [4.69, 9.17) is 11.1 Å². The molecule has 0 spiro atoms. The van der Waals surface area contributed by atoms with Crippen LogP contribution in [0.4, 0.5) is 0 Å². The van der Waals surface area contributed by atoms with Crippen molar-refractivity contribution in [3.05, 3.63) is 75.8 Å². The Hall–Kier alpha value is -3.32. The molecular weight excluding hydrogens is 404 g/mol. The summed E-state index contributed by atoms with van der Waals surface area (Å²) in [7, 11) is 3.12. The molecule has 0 bridgehead atoms. The molecule has 0 unspecified atom stereocenters. The Bertz CT molecular complexity index is 1110. The minimum Gasteiger partial charge on any atom is -0.469 e. The van der Waals surface area contributed by atoms with Crippen LogP contribution in [0.3, 0.4) is 0 Å². The molecule has 0 aliphatic carbocycles. The summed E-state index contributed by atoms with van der Waals surface area (Å²) in [4.78, 5) is 24.2. The molecule has 0 saturated heterocycles. The van der Waals surface area contributed by atoms with Crippen molar-refractivity contribution in [3.8, 4) is 16.9 Å². The molecule has 0 fully saturated rings. The zero-order chi connectivity index (χ0) is 21.1. The summed E-state index contributed by atoms with van der Waals surface area (Å²) in [5, 5.41) is 7.52. The number of benzene rings is 2. The number of nitrogens with zero attached hydrogens (tertiary/aromatic N) is 2. The number of hydrogen-bond acceptors (Lipinski definition) is 4. The van der Waals surface area contributed by atoms with Crippen molar-refractivity contribution in [3.63, 3.8) is 0 Å². The summed E-state index contributed by atoms with van der Waals surface area (Å²) >= 11 is 0. The maximum absolute atomic E-state index is 12.9. The lowest BCUT2D eigenvalue weighted by Gasteiger charge is -2.08. The van der Waals surface area contributed by atoms with Gasteiger partial charge in [-0.25, -0.2) is 4.79 Å². The van der Waals surface area contributed by atoms with Crippen LogP contribution in [-0.4, -0.2) is 28.0 Å². The van der Waals surface area contributed by atoms with Gasteiger partial charge in [0, 0.05) is 30.3 Å². The van der Waals surface area contributed by atoms with Gasteiger partial charge in [-0.3, -0.25) is 19.3 Å². The highest BCUT2D eigenvalue weighted by atomic mass is 35.5. The van der Waals surface area contributed by atoms with Gasteiger partial charge in [0.25, 0.3) is 0 Å². The number of imidazole rings is 1. The van der Waals surface area contributed by atoms with Crippen LogP contribution in [0.2, 0.25) is 0 Å². The van der Waals surface area contributed by atoms with Crippen LogP contribution in [0.15, 0.2) is 53.3 Å². The lowest BCUT2D eigenvalue weighted by Crippen LogP contribution is -2.21. The Morgan fingerprint density at radius 1 is 1.10 bits per heavy atom. The predicted octanol–water partition coefficient (Wildman–Crippen LogP) is 2.96. The molecule has 3 N–H and O–H groups in total. The van der Waals surface area contributed by atoms with Gasteiger partial charge < -0.3 is 10.5 Å². The molecule has 7 nitrogen and oxygen atoms in total. The number of rotatable bonds is 6. The fourth-order valence-electron chi connectivity index (χ4n) is 3.41. The monoisotopic (exact) mass is 428 g/mol. The normalized spacial score (nSPS) is 10.4. The Labute approximate surface area is 181 Å². The van der Waals surface area contributed by atoms with Gasteiger partial charge in [-0.15, -0.1) is 12.4 Å². The van der Waals surface area contributed by atoms with Crippen LogP contribution in [0, 0.1) is 12.3 Å². The average Bonchev–Trinajstić information content (AvgIpc) is 2.95. The first-order valence-corrected chi connectivity index (χ1v) is 9.22. The number of esters is 1. The van der Waals surface area contributed by atoms with E-state index in [0.29, 0.717) is 18.4 Å². The molecule has 8 heteroatoms. The minimum atomic E-state index is -0.246. The molecule has 0 atom stereocenters. The molecule has 0 aliphatic heterocycles. The standard InChI is InChI=1S/C22H24N4O3.ClH/c1-14-20(16-7-9-17(10-8-16)21(23)24)25(2)22(28)26(14)18-11-4-15(5-12-18)6-13-19(27)29-3;/h4-5,7-12H,6,13H2,1-3H3,(H3,23,24);1H. The number of nitrogens with one attached hydrogen (secondary N) is 1. The highest BCUT2D eigenvalue weighted by Gasteiger charge is 2.17. The molecule has 3 rings (SSSR count). The quantitative estimate of drug-likeness (QED) is 0.358. The fourth-order valence-corrected chi connectivity index (χ4v) is 3.41. The minimum absolute atomic E-state index is 0. The summed E-state index contributed by atoms with van der Waals surface area (Å²) in [6.45, 7) is 1.90. The molecule has 0 aliphatic rings. The maximum Gasteiger partial charge on any atom is 0.333 e. The molecule has 158 valence electrons. The van der Waals surface area contributed by atoms with Gasteiger partial charge in [0.05, 0.1) is 18.5 Å². The number of amidine groups is 1. The van der Waals surface area contributed by atoms with Crippen LogP contribution in [0.1, 0.15) is 23.2 Å². The number of methoxy groups -OCH3 is 1. The molecule has 0 radical (unpaired) electrons. The highest BCUT2D eigenvalue weighted by Crippen LogP contribution is 2.24. The van der Waals surface area contributed by atoms with Crippen molar-refractivity contribution < 1.29 is 9.53 Å². The third-order valence-corrected chi connectivity index (χ3v) is 5.00. The van der Waals surface area contributed by atoms with Gasteiger partial charge in [-0.05, 0) is 31.0 Å². The largest absolute Gasteiger partial charge is 0.469 e. The van der Waals surface area contributed by atoms with Crippen LogP contribution in [0.25, 0.3) is 16.9 Å². The SMILES string of the molecule is COC(=O)CCc1ccc(-n2c(C)c(-c3ccc(C(=N)N)cc3)n(C)c2=O)cc1.Cl. The Balaban J connectivity index is 0.00000320. The smallest absolute Gasteiger partial charge is 0.333 e. The average molecular weight is 429 g/mol. The number of hydrogen-bond donors (Lipinski definition) is 2. The first kappa shape index (κ1) is 23.0. The molecule has 0 saturated carbocycles. The van der Waals surface area contributed by atoms with E-state index < -0.39 is 0 Å². The lowest BCUT2D eigenvalue weighted by molar-refractivity contribution is -0.140. The Morgan fingerprint density at radius 2 is 1.70 bits per heavy atom. The van der Waals surface area contributed by atoms with Crippen LogP contribution in [-0.2, 0) is 23.0 Å². The fraction of sp³-hybridized carbons (Fsp3) is 0.227. The summed E-state index contributed by atoms with van der Waals surface area (Å²) in [6, 6.07) is 14.9. The topological polar surface area (TPSA) is 103 Å². The lowest BCUT2D eigenvalue weighted by atomic mass is 10.1. The molecule has 2 aromatic carbocycles. The number of ether oxygens (including phenoxy) is 1. The number of aromatic nitrogens is 2. The van der Waals surface area contributed by atoms with Crippen LogP contribution in [0.5, 0.6) is 0 Å². The summed E-state index contributed by atoms with van der Waals surface area (Å²) in [5.74, 6) is -0.239. The summed E-state index contributed by atoms with van der Waals surface area (Å²) in [5.41, 5.74) is 10.3. The van der Waals surface area contributed by atoms with E-state index >= 15 is 0 Å². The van der Waals surface area contributed by atoms with E-state index in [2.05, 4.69) is 4.74 Å². The van der Waals surface area contributed by atoms with E-state index in [1.54, 1.807) is 28.3 Å². The first-order chi connectivity index (χ1) is 13.8. The third-order valence-electron chi connectivity index (χ3n) is 5.00. The number of carbonyl (C=O) groups excluding carboxylic acids is 1. The number of nitrogen functional groups attached to an aromatic ring is 1. The zero-order valence-electron chi connectivity index (χ0n) is 17.1. The van der Waals surface area contributed by atoms with Gasteiger partial charge in [0.1, 0.15) is 5.84 Å². The van der Waals surface area contributed by atoms with Crippen molar-refractivity contribution in [2.24, 2.45) is 12.8 Å². The number of nitrogens with two attached hydrogens (primary N) is 1. The van der Waals surface area contributed by atoms with E-state index in [1.165, 1.54) is 7.11 Å². The predicted molar refractivity (Wildman–Crippen MR) is 120 cm³/mol. The van der Waals surface area contributed by atoms with Crippen molar-refractivity contribution in [2.75, 3.05) is 7.11 Å². The van der Waals surface area contributed by atoms with Crippen molar-refractivity contribution in [2.45, 2.75) is 19.8 Å². The van der Waals surface area contributed by atoms with E-state index in [9.17, 15) is 9.59 Å². The van der Waals surface area contributed by atoms with Gasteiger partial charge >= 0.3 is 11.7 Å². The van der Waals surface area contributed by atoms with E-state index in [1.807, 2.05) is 43.3 Å². The molecule has 30 heavy (non-hydrogen) atoms. The van der Waals surface area contributed by atoms with Gasteiger partial charge in [-0.2, -0.15) is 0 Å². The molecular formula is C22H25ClN4O3. The van der Waals surface area contributed by atoms with Gasteiger partial charge in [-0.1, -0.05) is 36.4 Å². The second kappa shape index (κ2) is 9.45. The maximum atomic E-state index is 12.9. The second-order valence-electron chi connectivity index (χ2n) is 6.84. The Kier molecular flexibility index (Phi) is 7.24. The molecule has 1 aromatic heterocycles. The highest BCUT2D eigenvalue weighted by molar-refractivity contribution is 5.95. The first-order valence-electron chi connectivity index (χ1n) is 9.22. The number of carbonyl (C=O) groups is 1. The Morgan fingerprint density at radius 3 is 2.23 bits per heavy atom. The molecule has 0 amide bonds. The summed E-state index contributed by atoms with van der Waals surface area (Å²) in [6.07, 6.45) is 0.907. The zero-order valence-corrected chi connectivity index (χ0v) is 18.0. The van der Waals surface area contributed by atoms with Crippen molar-refractivity contribution >= 4 is 24.2 Å². The molecule has 3 aromatic rings. The van der Waals surface area contributed by atoms with Gasteiger partial charge in [0.15, 0.2) is 0 Å². The molecule has 1 heterocycles. The van der Waals surface area contributed by atoms with E-state index in [-0.39, 0.29) is 29.9 Å². The van der Waals surface area contributed by atoms with Crippen LogP contribution < -0.4 is 11.4 Å². The number of aryl methyl sites for hydroxylation is 1. The van der Waals surface area contributed by atoms with E-state index in [0.717, 1.165) is 28.2 Å². The summed E-state index contributed by atoms with van der Waals surface area (Å²) < 4.78 is 7.95. The number of halogens is 1. The third kappa shape index (κ3) is 4.46. The van der Waals surface area contributed by atoms with Crippen molar-refractivity contribution in [1.29, 1.82) is 5.41 Å². The van der Waals surface area contributed by atoms with Crippen molar-refractivity contribution in [1.82, 2.24) is 9.13 Å². The second-order valence-corrected chi connectivity index (χ2v) is 6.84. The van der Waals surface area contributed by atoms with Crippen LogP contribution >= 0.6 is 12.4 Å². The van der Waals surface area contributed by atoms with Gasteiger partial charge in [0.2, 0.25) is 0 Å².